The topological polar surface area (TPSA) is 34.4 Å². The highest BCUT2D eigenvalue weighted by molar-refractivity contribution is 9.10. The Morgan fingerprint density at radius 2 is 2.10 bits per heavy atom. The Morgan fingerprint density at radius 1 is 1.19 bits per heavy atom. The lowest BCUT2D eigenvalue weighted by molar-refractivity contribution is 0.183. The molecule has 4 rings (SSSR count). The van der Waals surface area contributed by atoms with Crippen LogP contribution in [0.5, 0.6) is 5.75 Å². The maximum atomic E-state index is 6.09. The van der Waals surface area contributed by atoms with Gasteiger partial charge in [0.05, 0.1) is 12.2 Å². The normalized spacial score (nSPS) is 17.1. The van der Waals surface area contributed by atoms with E-state index < -0.39 is 0 Å². The van der Waals surface area contributed by atoms with Crippen molar-refractivity contribution in [3.05, 3.63) is 58.3 Å². The summed E-state index contributed by atoms with van der Waals surface area (Å²) in [6.45, 7) is 2.78. The first-order valence-corrected chi connectivity index (χ1v) is 7.69. The van der Waals surface area contributed by atoms with Crippen molar-refractivity contribution >= 4 is 32.6 Å². The predicted molar refractivity (Wildman–Crippen MR) is 87.0 cm³/mol. The number of fused-ring (bicyclic) bond motifs is 2. The Kier molecular flexibility index (Phi) is 2.93. The molecule has 106 valence electrons. The Balaban J connectivity index is 1.70. The molecule has 1 aliphatic rings. The fraction of sp³-hybridized carbons (Fsp3) is 0.176. The van der Waals surface area contributed by atoms with E-state index in [9.17, 15) is 0 Å². The third kappa shape index (κ3) is 2.20. The molecule has 3 aromatic rings. The SMILES string of the molecule is Cc1cccc2c1NCC(c1cc3cc(Br)ccc3o1)O2. The predicted octanol–water partition coefficient (Wildman–Crippen LogP) is 5.05. The van der Waals surface area contributed by atoms with Gasteiger partial charge in [0, 0.05) is 9.86 Å². The van der Waals surface area contributed by atoms with Crippen molar-refractivity contribution in [2.45, 2.75) is 13.0 Å². The van der Waals surface area contributed by atoms with Crippen molar-refractivity contribution in [2.24, 2.45) is 0 Å². The van der Waals surface area contributed by atoms with Crippen LogP contribution in [0.3, 0.4) is 0 Å². The maximum absolute atomic E-state index is 6.09. The maximum Gasteiger partial charge on any atom is 0.173 e. The Morgan fingerprint density at radius 3 is 3.00 bits per heavy atom. The molecule has 0 radical (unpaired) electrons. The highest BCUT2D eigenvalue weighted by Crippen LogP contribution is 2.37. The number of hydrogen-bond donors (Lipinski definition) is 1. The molecule has 0 saturated carbocycles. The van der Waals surface area contributed by atoms with Crippen molar-refractivity contribution in [3.8, 4) is 5.75 Å². The molecule has 4 heteroatoms. The monoisotopic (exact) mass is 343 g/mol. The minimum Gasteiger partial charge on any atom is -0.478 e. The summed E-state index contributed by atoms with van der Waals surface area (Å²) in [7, 11) is 0. The molecule has 1 aromatic heterocycles. The first-order valence-electron chi connectivity index (χ1n) is 6.90. The molecule has 0 bridgehead atoms. The van der Waals surface area contributed by atoms with Gasteiger partial charge in [0.15, 0.2) is 6.10 Å². The van der Waals surface area contributed by atoms with Gasteiger partial charge in [-0.3, -0.25) is 0 Å². The molecule has 3 nitrogen and oxygen atoms in total. The Hall–Kier alpha value is -1.94. The van der Waals surface area contributed by atoms with Crippen molar-refractivity contribution in [1.29, 1.82) is 0 Å². The van der Waals surface area contributed by atoms with Crippen LogP contribution in [0.1, 0.15) is 17.4 Å². The lowest BCUT2D eigenvalue weighted by Gasteiger charge is -2.27. The van der Waals surface area contributed by atoms with Gasteiger partial charge in [-0.05, 0) is 42.8 Å². The molecule has 1 atom stereocenters. The minimum atomic E-state index is -0.106. The van der Waals surface area contributed by atoms with Crippen molar-refractivity contribution in [1.82, 2.24) is 0 Å². The van der Waals surface area contributed by atoms with Crippen LogP contribution in [-0.2, 0) is 0 Å². The highest BCUT2D eigenvalue weighted by Gasteiger charge is 2.24. The molecule has 0 saturated heterocycles. The van der Waals surface area contributed by atoms with E-state index >= 15 is 0 Å². The number of halogens is 1. The van der Waals surface area contributed by atoms with Gasteiger partial charge in [-0.2, -0.15) is 0 Å². The molecule has 1 aliphatic heterocycles. The molecule has 21 heavy (non-hydrogen) atoms. The summed E-state index contributed by atoms with van der Waals surface area (Å²) in [6.07, 6.45) is -0.106. The lowest BCUT2D eigenvalue weighted by Crippen LogP contribution is -2.23. The zero-order chi connectivity index (χ0) is 14.4. The Labute approximate surface area is 131 Å². The van der Waals surface area contributed by atoms with Gasteiger partial charge in [-0.1, -0.05) is 28.1 Å². The van der Waals surface area contributed by atoms with Crippen molar-refractivity contribution in [3.63, 3.8) is 0 Å². The second-order valence-electron chi connectivity index (χ2n) is 5.27. The summed E-state index contributed by atoms with van der Waals surface area (Å²) in [4.78, 5) is 0. The van der Waals surface area contributed by atoms with E-state index in [1.165, 1.54) is 5.56 Å². The molecular formula is C17H14BrNO2. The summed E-state index contributed by atoms with van der Waals surface area (Å²) in [5.74, 6) is 1.73. The van der Waals surface area contributed by atoms with Gasteiger partial charge >= 0.3 is 0 Å². The summed E-state index contributed by atoms with van der Waals surface area (Å²) >= 11 is 3.48. The second-order valence-corrected chi connectivity index (χ2v) is 6.18. The zero-order valence-corrected chi connectivity index (χ0v) is 13.1. The third-order valence-electron chi connectivity index (χ3n) is 3.78. The van der Waals surface area contributed by atoms with Gasteiger partial charge in [0.1, 0.15) is 17.1 Å². The number of rotatable bonds is 1. The van der Waals surface area contributed by atoms with E-state index in [0.29, 0.717) is 6.54 Å². The van der Waals surface area contributed by atoms with Gasteiger partial charge in [0.2, 0.25) is 0 Å². The molecule has 2 aromatic carbocycles. The molecular weight excluding hydrogens is 330 g/mol. The van der Waals surface area contributed by atoms with Crippen LogP contribution in [0.2, 0.25) is 0 Å². The van der Waals surface area contributed by atoms with Gasteiger partial charge in [-0.15, -0.1) is 0 Å². The van der Waals surface area contributed by atoms with Crippen LogP contribution in [0, 0.1) is 6.92 Å². The van der Waals surface area contributed by atoms with Gasteiger partial charge in [0.25, 0.3) is 0 Å². The summed E-state index contributed by atoms with van der Waals surface area (Å²) in [5, 5.41) is 4.52. The quantitative estimate of drug-likeness (QED) is 0.671. The van der Waals surface area contributed by atoms with Gasteiger partial charge < -0.3 is 14.5 Å². The standard InChI is InChI=1S/C17H14BrNO2/c1-10-3-2-4-14-17(10)19-9-16(21-14)15-8-11-7-12(18)5-6-13(11)20-15/h2-8,16,19H,9H2,1H3. The molecule has 0 amide bonds. The van der Waals surface area contributed by atoms with Crippen LogP contribution in [0.15, 0.2) is 51.4 Å². The largest absolute Gasteiger partial charge is 0.478 e. The fourth-order valence-corrected chi connectivity index (χ4v) is 3.09. The summed E-state index contributed by atoms with van der Waals surface area (Å²) in [6, 6.07) is 14.1. The van der Waals surface area contributed by atoms with Crippen LogP contribution < -0.4 is 10.1 Å². The molecule has 1 N–H and O–H groups in total. The number of ether oxygens (including phenoxy) is 1. The Bertz CT molecular complexity index is 825. The number of nitrogens with one attached hydrogen (secondary N) is 1. The van der Waals surface area contributed by atoms with E-state index in [1.807, 2.05) is 30.3 Å². The van der Waals surface area contributed by atoms with Crippen LogP contribution >= 0.6 is 15.9 Å². The van der Waals surface area contributed by atoms with Crippen molar-refractivity contribution in [2.75, 3.05) is 11.9 Å². The highest BCUT2D eigenvalue weighted by atomic mass is 79.9. The molecule has 2 heterocycles. The van der Waals surface area contributed by atoms with Crippen LogP contribution in [0.25, 0.3) is 11.0 Å². The first-order chi connectivity index (χ1) is 10.2. The van der Waals surface area contributed by atoms with E-state index in [1.54, 1.807) is 0 Å². The zero-order valence-electron chi connectivity index (χ0n) is 11.5. The van der Waals surface area contributed by atoms with E-state index in [-0.39, 0.29) is 6.10 Å². The van der Waals surface area contributed by atoms with Crippen molar-refractivity contribution < 1.29 is 9.15 Å². The number of hydrogen-bond acceptors (Lipinski definition) is 3. The number of aryl methyl sites for hydroxylation is 1. The van der Waals surface area contributed by atoms with Crippen LogP contribution in [-0.4, -0.2) is 6.54 Å². The second kappa shape index (κ2) is 4.81. The molecule has 0 aliphatic carbocycles. The minimum absolute atomic E-state index is 0.106. The molecule has 0 spiro atoms. The number of benzene rings is 2. The lowest BCUT2D eigenvalue weighted by atomic mass is 10.1. The third-order valence-corrected chi connectivity index (χ3v) is 4.28. The van der Waals surface area contributed by atoms with E-state index in [2.05, 4.69) is 40.3 Å². The number of furan rings is 1. The van der Waals surface area contributed by atoms with Crippen LogP contribution in [0.4, 0.5) is 5.69 Å². The summed E-state index contributed by atoms with van der Waals surface area (Å²) < 4.78 is 13.1. The van der Waals surface area contributed by atoms with Gasteiger partial charge in [-0.25, -0.2) is 0 Å². The molecule has 0 fully saturated rings. The summed E-state index contributed by atoms with van der Waals surface area (Å²) in [5.41, 5.74) is 3.15. The fourth-order valence-electron chi connectivity index (χ4n) is 2.71. The number of para-hydroxylation sites is 1. The number of anilines is 1. The van der Waals surface area contributed by atoms with E-state index in [4.69, 9.17) is 9.15 Å². The molecule has 1 unspecified atom stereocenters. The smallest absolute Gasteiger partial charge is 0.173 e. The van der Waals surface area contributed by atoms with E-state index in [0.717, 1.165) is 32.6 Å². The average Bonchev–Trinajstić information content (AvgIpc) is 2.90. The average molecular weight is 344 g/mol. The first kappa shape index (κ1) is 12.8.